The van der Waals surface area contributed by atoms with E-state index in [0.29, 0.717) is 17.2 Å². The summed E-state index contributed by atoms with van der Waals surface area (Å²) < 4.78 is 40.2. The van der Waals surface area contributed by atoms with Gasteiger partial charge in [0.2, 0.25) is 11.8 Å². The lowest BCUT2D eigenvalue weighted by atomic mass is 10.1. The van der Waals surface area contributed by atoms with E-state index in [1.54, 1.807) is 68.6 Å². The van der Waals surface area contributed by atoms with Crippen LogP contribution in [0, 0.1) is 0 Å². The molecule has 9 nitrogen and oxygen atoms in total. The molecule has 45 heavy (non-hydrogen) atoms. The predicted molar refractivity (Wildman–Crippen MR) is 175 cm³/mol. The van der Waals surface area contributed by atoms with Gasteiger partial charge in [-0.2, -0.15) is 0 Å². The fourth-order valence-electron chi connectivity index (χ4n) is 4.53. The molecule has 0 bridgehead atoms. The summed E-state index contributed by atoms with van der Waals surface area (Å²) in [5.74, 6) is 0.921. The van der Waals surface area contributed by atoms with Crippen molar-refractivity contribution < 1.29 is 27.5 Å². The molecule has 236 valence electrons. The lowest BCUT2D eigenvalue weighted by molar-refractivity contribution is -0.139. The number of nitrogens with zero attached hydrogens (tertiary/aromatic N) is 2. The molecule has 2 amide bonds. The van der Waals surface area contributed by atoms with Crippen LogP contribution in [0.25, 0.3) is 0 Å². The summed E-state index contributed by atoms with van der Waals surface area (Å²) in [6.07, 6.45) is 0.720. The molecule has 0 aliphatic heterocycles. The Labute approximate surface area is 265 Å². The molecule has 2 atom stereocenters. The second-order valence-corrected chi connectivity index (χ2v) is 12.5. The molecule has 4 aromatic rings. The molecule has 0 aliphatic carbocycles. The van der Waals surface area contributed by atoms with Crippen molar-refractivity contribution in [2.75, 3.05) is 18.0 Å². The lowest BCUT2D eigenvalue weighted by Gasteiger charge is -2.32. The van der Waals surface area contributed by atoms with E-state index < -0.39 is 28.5 Å². The number of para-hydroxylation sites is 1. The Morgan fingerprint density at radius 2 is 1.33 bits per heavy atom. The second kappa shape index (κ2) is 15.3. The van der Waals surface area contributed by atoms with Crippen LogP contribution in [-0.2, 0) is 26.2 Å². The molecule has 10 heteroatoms. The van der Waals surface area contributed by atoms with Crippen LogP contribution in [0.3, 0.4) is 0 Å². The number of carbonyl (C=O) groups is 2. The van der Waals surface area contributed by atoms with Crippen LogP contribution < -0.4 is 19.1 Å². The number of amides is 2. The molecule has 0 heterocycles. The van der Waals surface area contributed by atoms with Gasteiger partial charge in [-0.15, -0.1) is 0 Å². The minimum absolute atomic E-state index is 0.0340. The van der Waals surface area contributed by atoms with Gasteiger partial charge in [0.25, 0.3) is 10.0 Å². The molecule has 0 radical (unpaired) electrons. The summed E-state index contributed by atoms with van der Waals surface area (Å²) in [5.41, 5.74) is 1.03. The van der Waals surface area contributed by atoms with E-state index in [0.717, 1.165) is 16.3 Å². The average molecular weight is 630 g/mol. The molecule has 0 unspecified atom stereocenters. The van der Waals surface area contributed by atoms with Crippen molar-refractivity contribution in [1.82, 2.24) is 10.2 Å². The van der Waals surface area contributed by atoms with Gasteiger partial charge in [-0.05, 0) is 86.5 Å². The lowest BCUT2D eigenvalue weighted by Crippen LogP contribution is -2.52. The number of rotatable bonds is 14. The summed E-state index contributed by atoms with van der Waals surface area (Å²) in [6, 6.07) is 29.8. The molecule has 4 rings (SSSR count). The van der Waals surface area contributed by atoms with Crippen LogP contribution in [0.2, 0.25) is 0 Å². The highest BCUT2D eigenvalue weighted by Gasteiger charge is 2.32. The number of methoxy groups -OCH3 is 1. The van der Waals surface area contributed by atoms with Crippen LogP contribution in [-0.4, -0.2) is 50.9 Å². The van der Waals surface area contributed by atoms with Gasteiger partial charge in [0.05, 0.1) is 17.7 Å². The second-order valence-electron chi connectivity index (χ2n) is 10.6. The third-order valence-corrected chi connectivity index (χ3v) is 9.18. The molecular weight excluding hydrogens is 590 g/mol. The number of anilines is 1. The van der Waals surface area contributed by atoms with Crippen molar-refractivity contribution in [2.24, 2.45) is 0 Å². The van der Waals surface area contributed by atoms with E-state index in [4.69, 9.17) is 9.47 Å². The van der Waals surface area contributed by atoms with E-state index in [2.05, 4.69) is 5.32 Å². The van der Waals surface area contributed by atoms with Gasteiger partial charge in [0, 0.05) is 12.6 Å². The van der Waals surface area contributed by atoms with Gasteiger partial charge in [0.15, 0.2) is 0 Å². The van der Waals surface area contributed by atoms with E-state index in [1.165, 1.54) is 17.0 Å². The maximum atomic E-state index is 14.1. The SMILES string of the molecule is CC[C@H](C)NC(=O)[C@@H](C)N(Cc1ccc(OC)cc1)C(=O)CN(c1ccc(Oc2ccccc2)cc1)S(=O)(=O)c1ccccc1. The van der Waals surface area contributed by atoms with Crippen molar-refractivity contribution in [3.05, 3.63) is 115 Å². The van der Waals surface area contributed by atoms with Crippen molar-refractivity contribution >= 4 is 27.5 Å². The molecule has 0 spiro atoms. The van der Waals surface area contributed by atoms with E-state index in [-0.39, 0.29) is 29.1 Å². The Morgan fingerprint density at radius 3 is 1.91 bits per heavy atom. The summed E-state index contributed by atoms with van der Waals surface area (Å²) in [6.45, 7) is 5.04. The molecule has 1 N–H and O–H groups in total. The number of ether oxygens (including phenoxy) is 2. The Bertz CT molecular complexity index is 1650. The maximum Gasteiger partial charge on any atom is 0.264 e. The van der Waals surface area contributed by atoms with Crippen LogP contribution >= 0.6 is 0 Å². The highest BCUT2D eigenvalue weighted by molar-refractivity contribution is 7.92. The third kappa shape index (κ3) is 8.63. The Morgan fingerprint density at radius 1 is 0.778 bits per heavy atom. The minimum atomic E-state index is -4.18. The summed E-state index contributed by atoms with van der Waals surface area (Å²) in [5, 5.41) is 2.94. The molecule has 0 saturated carbocycles. The fourth-order valence-corrected chi connectivity index (χ4v) is 5.96. The maximum absolute atomic E-state index is 14.1. The van der Waals surface area contributed by atoms with Gasteiger partial charge < -0.3 is 19.7 Å². The fraction of sp³-hybridized carbons (Fsp3) is 0.257. The van der Waals surface area contributed by atoms with E-state index >= 15 is 0 Å². The van der Waals surface area contributed by atoms with Crippen LogP contribution in [0.4, 0.5) is 5.69 Å². The number of nitrogens with one attached hydrogen (secondary N) is 1. The van der Waals surface area contributed by atoms with Crippen molar-refractivity contribution in [1.29, 1.82) is 0 Å². The van der Waals surface area contributed by atoms with Gasteiger partial charge in [0.1, 0.15) is 29.8 Å². The monoisotopic (exact) mass is 629 g/mol. The summed E-state index contributed by atoms with van der Waals surface area (Å²) in [4.78, 5) is 28.8. The molecule has 0 aromatic heterocycles. The minimum Gasteiger partial charge on any atom is -0.497 e. The van der Waals surface area contributed by atoms with Gasteiger partial charge in [-0.1, -0.05) is 55.5 Å². The largest absolute Gasteiger partial charge is 0.497 e. The topological polar surface area (TPSA) is 105 Å². The van der Waals surface area contributed by atoms with Gasteiger partial charge in [-0.3, -0.25) is 13.9 Å². The molecule has 0 aliphatic rings. The molecule has 0 saturated heterocycles. The standard InChI is InChI=1S/C35H39N3O6S/c1-5-26(2)36-35(40)27(3)37(24-28-16-20-30(43-4)21-17-28)34(39)25-38(45(41,42)33-14-10-7-11-15-33)29-18-22-32(23-19-29)44-31-12-8-6-9-13-31/h6-23,26-27H,5,24-25H2,1-4H3,(H,36,40)/t26-,27+/m0/s1. The van der Waals surface area contributed by atoms with Crippen molar-refractivity contribution in [3.63, 3.8) is 0 Å². The normalized spacial score (nSPS) is 12.4. The molecule has 4 aromatic carbocycles. The average Bonchev–Trinajstić information content (AvgIpc) is 3.07. The zero-order chi connectivity index (χ0) is 32.4. The smallest absolute Gasteiger partial charge is 0.264 e. The first-order valence-corrected chi connectivity index (χ1v) is 16.2. The first-order valence-electron chi connectivity index (χ1n) is 14.8. The summed E-state index contributed by atoms with van der Waals surface area (Å²) in [7, 11) is -2.61. The van der Waals surface area contributed by atoms with E-state index in [1.807, 2.05) is 56.3 Å². The van der Waals surface area contributed by atoms with Crippen molar-refractivity contribution in [2.45, 2.75) is 50.7 Å². The van der Waals surface area contributed by atoms with E-state index in [9.17, 15) is 18.0 Å². The first kappa shape index (κ1) is 33.1. The van der Waals surface area contributed by atoms with Crippen LogP contribution in [0.5, 0.6) is 17.2 Å². The number of hydrogen-bond acceptors (Lipinski definition) is 6. The third-order valence-electron chi connectivity index (χ3n) is 7.39. The Kier molecular flexibility index (Phi) is 11.2. The quantitative estimate of drug-likeness (QED) is 0.183. The van der Waals surface area contributed by atoms with Gasteiger partial charge in [-0.25, -0.2) is 8.42 Å². The Balaban J connectivity index is 1.68. The summed E-state index contributed by atoms with van der Waals surface area (Å²) >= 11 is 0. The predicted octanol–water partition coefficient (Wildman–Crippen LogP) is 6.01. The molecule has 0 fully saturated rings. The Hall–Kier alpha value is -4.83. The first-order chi connectivity index (χ1) is 21.6. The van der Waals surface area contributed by atoms with Crippen molar-refractivity contribution in [3.8, 4) is 17.2 Å². The van der Waals surface area contributed by atoms with Gasteiger partial charge >= 0.3 is 0 Å². The highest BCUT2D eigenvalue weighted by atomic mass is 32.2. The zero-order valence-electron chi connectivity index (χ0n) is 25.9. The number of benzene rings is 4. The number of carbonyl (C=O) groups excluding carboxylic acids is 2. The van der Waals surface area contributed by atoms with Crippen LogP contribution in [0.15, 0.2) is 114 Å². The molecular formula is C35H39N3O6S. The number of sulfonamides is 1. The number of hydrogen-bond donors (Lipinski definition) is 1. The highest BCUT2D eigenvalue weighted by Crippen LogP contribution is 2.28. The van der Waals surface area contributed by atoms with Crippen LogP contribution in [0.1, 0.15) is 32.8 Å². The zero-order valence-corrected chi connectivity index (χ0v) is 26.7.